The third kappa shape index (κ3) is 6.38. The van der Waals surface area contributed by atoms with Crippen LogP contribution in [0.1, 0.15) is 22.2 Å². The molecule has 0 spiro atoms. The first kappa shape index (κ1) is 24.8. The standard InChI is InChI=1S/C21H21Cl2N5O4S/c1-28-19(17(10-29)25-20(31)12-3-6-14(32-2)7-4-12)26-27-21(28)33-11-18(30)24-13-5-8-15(22)16(23)9-13/h3-9,17,29H,10-11H2,1-2H3,(H,24,30)(H,25,31)/t17-/m0/s1. The summed E-state index contributed by atoms with van der Waals surface area (Å²) in [6, 6.07) is 10.6. The molecule has 0 saturated heterocycles. The first-order chi connectivity index (χ1) is 15.8. The number of hydrogen-bond acceptors (Lipinski definition) is 7. The summed E-state index contributed by atoms with van der Waals surface area (Å²) in [6.07, 6.45) is 0. The van der Waals surface area contributed by atoms with Gasteiger partial charge in [0.2, 0.25) is 5.91 Å². The first-order valence-corrected chi connectivity index (χ1v) is 11.4. The molecule has 9 nitrogen and oxygen atoms in total. The Bertz CT molecular complexity index is 1140. The Morgan fingerprint density at radius 1 is 1.15 bits per heavy atom. The number of ether oxygens (including phenoxy) is 1. The highest BCUT2D eigenvalue weighted by Crippen LogP contribution is 2.25. The Labute approximate surface area is 204 Å². The fraction of sp³-hybridized carbons (Fsp3) is 0.238. The van der Waals surface area contributed by atoms with Crippen LogP contribution in [0.15, 0.2) is 47.6 Å². The van der Waals surface area contributed by atoms with Crippen molar-refractivity contribution in [2.45, 2.75) is 11.2 Å². The number of anilines is 1. The Kier molecular flexibility index (Phi) is 8.56. The Morgan fingerprint density at radius 3 is 2.52 bits per heavy atom. The van der Waals surface area contributed by atoms with Gasteiger partial charge in [0.1, 0.15) is 11.8 Å². The van der Waals surface area contributed by atoms with Gasteiger partial charge in [0.25, 0.3) is 5.91 Å². The number of thioether (sulfide) groups is 1. The first-order valence-electron chi connectivity index (χ1n) is 9.65. The van der Waals surface area contributed by atoms with Gasteiger partial charge in [-0.05, 0) is 42.5 Å². The van der Waals surface area contributed by atoms with Crippen LogP contribution in [-0.2, 0) is 11.8 Å². The van der Waals surface area contributed by atoms with Crippen molar-refractivity contribution in [3.63, 3.8) is 0 Å². The zero-order valence-electron chi connectivity index (χ0n) is 17.7. The molecule has 2 aromatic carbocycles. The Balaban J connectivity index is 1.61. The van der Waals surface area contributed by atoms with Gasteiger partial charge >= 0.3 is 0 Å². The Hall–Kier alpha value is -2.79. The van der Waals surface area contributed by atoms with Gasteiger partial charge in [-0.15, -0.1) is 10.2 Å². The lowest BCUT2D eigenvalue weighted by Crippen LogP contribution is -2.32. The molecule has 2 amide bonds. The number of benzene rings is 2. The lowest BCUT2D eigenvalue weighted by molar-refractivity contribution is -0.113. The molecule has 1 atom stereocenters. The van der Waals surface area contributed by atoms with Gasteiger partial charge in [-0.25, -0.2) is 0 Å². The minimum atomic E-state index is -0.781. The predicted octanol–water partition coefficient (Wildman–Crippen LogP) is 3.32. The summed E-state index contributed by atoms with van der Waals surface area (Å²) in [6.45, 7) is -0.379. The molecular weight excluding hydrogens is 489 g/mol. The fourth-order valence-electron chi connectivity index (χ4n) is 2.83. The van der Waals surface area contributed by atoms with Crippen molar-refractivity contribution >= 4 is 52.5 Å². The summed E-state index contributed by atoms with van der Waals surface area (Å²) in [7, 11) is 3.23. The lowest BCUT2D eigenvalue weighted by atomic mass is 10.2. The van der Waals surface area contributed by atoms with Crippen molar-refractivity contribution < 1.29 is 19.4 Å². The number of nitrogens with zero attached hydrogens (tertiary/aromatic N) is 3. The topological polar surface area (TPSA) is 118 Å². The number of halogens is 2. The summed E-state index contributed by atoms with van der Waals surface area (Å²) in [5, 5.41) is 24.6. The van der Waals surface area contributed by atoms with Crippen LogP contribution in [0.4, 0.5) is 5.69 Å². The molecule has 12 heteroatoms. The molecule has 0 bridgehead atoms. The highest BCUT2D eigenvalue weighted by molar-refractivity contribution is 7.99. The van der Waals surface area contributed by atoms with Crippen LogP contribution in [-0.4, -0.2) is 51.2 Å². The van der Waals surface area contributed by atoms with Gasteiger partial charge in [-0.2, -0.15) is 0 Å². The summed E-state index contributed by atoms with van der Waals surface area (Å²) in [4.78, 5) is 24.8. The number of aromatic nitrogens is 3. The second-order valence-corrected chi connectivity index (χ2v) is 8.56. The number of rotatable bonds is 9. The highest BCUT2D eigenvalue weighted by Gasteiger charge is 2.22. The third-order valence-electron chi connectivity index (χ3n) is 4.56. The molecule has 0 radical (unpaired) electrons. The molecule has 1 heterocycles. The van der Waals surface area contributed by atoms with Crippen LogP contribution in [0.25, 0.3) is 0 Å². The molecule has 0 fully saturated rings. The van der Waals surface area contributed by atoms with Gasteiger partial charge < -0.3 is 25.0 Å². The van der Waals surface area contributed by atoms with E-state index in [2.05, 4.69) is 20.8 Å². The lowest BCUT2D eigenvalue weighted by Gasteiger charge is -2.16. The maximum absolute atomic E-state index is 12.5. The molecule has 3 aromatic rings. The van der Waals surface area contributed by atoms with Gasteiger partial charge in [0, 0.05) is 18.3 Å². The third-order valence-corrected chi connectivity index (χ3v) is 6.32. The van der Waals surface area contributed by atoms with E-state index in [0.29, 0.717) is 38.0 Å². The van der Waals surface area contributed by atoms with E-state index in [9.17, 15) is 14.7 Å². The molecule has 3 N–H and O–H groups in total. The maximum Gasteiger partial charge on any atom is 0.251 e. The largest absolute Gasteiger partial charge is 0.497 e. The Morgan fingerprint density at radius 2 is 1.88 bits per heavy atom. The van der Waals surface area contributed by atoms with Crippen molar-refractivity contribution in [2.75, 3.05) is 24.8 Å². The number of methoxy groups -OCH3 is 1. The molecule has 33 heavy (non-hydrogen) atoms. The monoisotopic (exact) mass is 509 g/mol. The van der Waals surface area contributed by atoms with Crippen LogP contribution in [0.3, 0.4) is 0 Å². The van der Waals surface area contributed by atoms with Gasteiger partial charge in [-0.1, -0.05) is 35.0 Å². The van der Waals surface area contributed by atoms with Crippen molar-refractivity contribution in [3.8, 4) is 5.75 Å². The smallest absolute Gasteiger partial charge is 0.251 e. The maximum atomic E-state index is 12.5. The second-order valence-electron chi connectivity index (χ2n) is 6.80. The minimum Gasteiger partial charge on any atom is -0.497 e. The predicted molar refractivity (Wildman–Crippen MR) is 127 cm³/mol. The van der Waals surface area contributed by atoms with E-state index in [1.807, 2.05) is 0 Å². The number of carbonyl (C=O) groups is 2. The van der Waals surface area contributed by atoms with E-state index in [0.717, 1.165) is 11.8 Å². The summed E-state index contributed by atoms with van der Waals surface area (Å²) >= 11 is 13.0. The summed E-state index contributed by atoms with van der Waals surface area (Å²) < 4.78 is 6.70. The zero-order chi connectivity index (χ0) is 24.0. The molecule has 0 aliphatic heterocycles. The number of hydrogen-bond donors (Lipinski definition) is 3. The van der Waals surface area contributed by atoms with Crippen LogP contribution >= 0.6 is 35.0 Å². The molecular formula is C21H21Cl2N5O4S. The van der Waals surface area contributed by atoms with Crippen molar-refractivity contribution in [2.24, 2.45) is 7.05 Å². The van der Waals surface area contributed by atoms with E-state index in [1.165, 1.54) is 7.11 Å². The number of aliphatic hydroxyl groups is 1. The number of nitrogens with one attached hydrogen (secondary N) is 2. The molecule has 0 saturated carbocycles. The number of amides is 2. The van der Waals surface area contributed by atoms with E-state index in [-0.39, 0.29) is 24.2 Å². The number of aliphatic hydroxyl groups excluding tert-OH is 1. The fourth-order valence-corrected chi connectivity index (χ4v) is 3.85. The molecule has 1 aromatic heterocycles. The van der Waals surface area contributed by atoms with Gasteiger partial charge in [0.15, 0.2) is 11.0 Å². The van der Waals surface area contributed by atoms with Gasteiger partial charge in [0.05, 0.1) is 29.5 Å². The average Bonchev–Trinajstić information content (AvgIpc) is 3.18. The second kappa shape index (κ2) is 11.4. The van der Waals surface area contributed by atoms with Crippen LogP contribution in [0, 0.1) is 0 Å². The van der Waals surface area contributed by atoms with E-state index < -0.39 is 6.04 Å². The summed E-state index contributed by atoms with van der Waals surface area (Å²) in [5.74, 6) is 0.397. The molecule has 0 unspecified atom stereocenters. The van der Waals surface area contributed by atoms with E-state index in [1.54, 1.807) is 54.1 Å². The van der Waals surface area contributed by atoms with Crippen molar-refractivity contribution in [1.29, 1.82) is 0 Å². The number of carbonyl (C=O) groups excluding carboxylic acids is 2. The van der Waals surface area contributed by atoms with Gasteiger partial charge in [-0.3, -0.25) is 9.59 Å². The molecule has 3 rings (SSSR count). The summed E-state index contributed by atoms with van der Waals surface area (Å²) in [5.41, 5.74) is 0.931. The SMILES string of the molecule is COc1ccc(C(=O)N[C@@H](CO)c2nnc(SCC(=O)Nc3ccc(Cl)c(Cl)c3)n2C)cc1. The molecule has 0 aliphatic carbocycles. The van der Waals surface area contributed by atoms with Crippen molar-refractivity contribution in [1.82, 2.24) is 20.1 Å². The normalized spacial score (nSPS) is 11.7. The van der Waals surface area contributed by atoms with Crippen LogP contribution < -0.4 is 15.4 Å². The van der Waals surface area contributed by atoms with Crippen LogP contribution in [0.2, 0.25) is 10.0 Å². The quantitative estimate of drug-likeness (QED) is 0.378. The average molecular weight is 510 g/mol. The van der Waals surface area contributed by atoms with E-state index >= 15 is 0 Å². The van der Waals surface area contributed by atoms with E-state index in [4.69, 9.17) is 27.9 Å². The van der Waals surface area contributed by atoms with Crippen LogP contribution in [0.5, 0.6) is 5.75 Å². The highest BCUT2D eigenvalue weighted by atomic mass is 35.5. The van der Waals surface area contributed by atoms with Crippen molar-refractivity contribution in [3.05, 3.63) is 63.9 Å². The minimum absolute atomic E-state index is 0.0637. The zero-order valence-corrected chi connectivity index (χ0v) is 20.0. The molecule has 0 aliphatic rings. The molecule has 174 valence electrons.